The summed E-state index contributed by atoms with van der Waals surface area (Å²) in [5, 5.41) is 9.05. The van der Waals surface area contributed by atoms with E-state index in [1.54, 1.807) is 6.20 Å². The van der Waals surface area contributed by atoms with Crippen molar-refractivity contribution < 1.29 is 14.6 Å². The highest BCUT2D eigenvalue weighted by atomic mass is 16.5. The number of hydrogen-bond donors (Lipinski definition) is 1. The van der Waals surface area contributed by atoms with Crippen molar-refractivity contribution in [1.82, 2.24) is 9.97 Å². The van der Waals surface area contributed by atoms with E-state index in [2.05, 4.69) is 4.98 Å². The minimum Gasteiger partial charge on any atom is -0.488 e. The van der Waals surface area contributed by atoms with Crippen LogP contribution in [0.2, 0.25) is 0 Å². The highest BCUT2D eigenvalue weighted by Crippen LogP contribution is 2.31. The highest BCUT2D eigenvalue weighted by Gasteiger charge is 2.13. The molecule has 0 aliphatic carbocycles. The SMILES string of the molecule is O=C(O)CCc1ccccc1-c1nccc(-c2ccccc2OCc2ccccc2)n1. The Balaban J connectivity index is 1.63. The lowest BCUT2D eigenvalue weighted by Crippen LogP contribution is -2.01. The molecule has 0 radical (unpaired) electrons. The molecule has 0 amide bonds. The summed E-state index contributed by atoms with van der Waals surface area (Å²) < 4.78 is 6.09. The van der Waals surface area contributed by atoms with Gasteiger partial charge >= 0.3 is 5.97 Å². The Labute approximate surface area is 181 Å². The largest absolute Gasteiger partial charge is 0.488 e. The number of aryl methyl sites for hydroxylation is 1. The van der Waals surface area contributed by atoms with Crippen LogP contribution in [0.25, 0.3) is 22.6 Å². The molecule has 154 valence electrons. The van der Waals surface area contributed by atoms with Crippen LogP contribution >= 0.6 is 0 Å². The summed E-state index contributed by atoms with van der Waals surface area (Å²) in [5.74, 6) is 0.487. The van der Waals surface area contributed by atoms with E-state index < -0.39 is 5.97 Å². The van der Waals surface area contributed by atoms with Crippen molar-refractivity contribution in [3.8, 4) is 28.4 Å². The van der Waals surface area contributed by atoms with Crippen molar-refractivity contribution in [2.24, 2.45) is 0 Å². The fourth-order valence-electron chi connectivity index (χ4n) is 3.38. The molecule has 0 fully saturated rings. The Morgan fingerprint density at radius 2 is 1.55 bits per heavy atom. The van der Waals surface area contributed by atoms with Crippen LogP contribution < -0.4 is 4.74 Å². The first-order valence-corrected chi connectivity index (χ1v) is 10.1. The molecule has 0 bridgehead atoms. The predicted molar refractivity (Wildman–Crippen MR) is 120 cm³/mol. The van der Waals surface area contributed by atoms with Crippen LogP contribution in [0.5, 0.6) is 5.75 Å². The van der Waals surface area contributed by atoms with Gasteiger partial charge in [0.15, 0.2) is 5.82 Å². The molecule has 0 saturated heterocycles. The van der Waals surface area contributed by atoms with Crippen LogP contribution in [0.1, 0.15) is 17.5 Å². The monoisotopic (exact) mass is 410 g/mol. The second kappa shape index (κ2) is 9.67. The average molecular weight is 410 g/mol. The maximum Gasteiger partial charge on any atom is 0.303 e. The molecule has 31 heavy (non-hydrogen) atoms. The van der Waals surface area contributed by atoms with E-state index >= 15 is 0 Å². The predicted octanol–water partition coefficient (Wildman–Crippen LogP) is 5.41. The minimum absolute atomic E-state index is 0.0624. The number of benzene rings is 3. The molecular weight excluding hydrogens is 388 g/mol. The molecule has 0 spiro atoms. The molecule has 0 aliphatic heterocycles. The Morgan fingerprint density at radius 3 is 2.35 bits per heavy atom. The van der Waals surface area contributed by atoms with Crippen molar-refractivity contribution in [1.29, 1.82) is 0 Å². The third-order valence-corrected chi connectivity index (χ3v) is 4.92. The zero-order valence-electron chi connectivity index (χ0n) is 16.9. The van der Waals surface area contributed by atoms with Crippen LogP contribution in [0.3, 0.4) is 0 Å². The summed E-state index contributed by atoms with van der Waals surface area (Å²) in [4.78, 5) is 20.2. The molecular formula is C26H22N2O3. The van der Waals surface area contributed by atoms with Crippen molar-refractivity contribution >= 4 is 5.97 Å². The van der Waals surface area contributed by atoms with Gasteiger partial charge in [-0.2, -0.15) is 0 Å². The number of aliphatic carboxylic acids is 1. The number of carboxylic acids is 1. The van der Waals surface area contributed by atoms with Gasteiger partial charge in [0, 0.05) is 23.7 Å². The molecule has 5 heteroatoms. The minimum atomic E-state index is -0.825. The molecule has 0 unspecified atom stereocenters. The molecule has 1 aromatic heterocycles. The van der Waals surface area contributed by atoms with Gasteiger partial charge in [0.1, 0.15) is 12.4 Å². The first-order chi connectivity index (χ1) is 15.2. The lowest BCUT2D eigenvalue weighted by Gasteiger charge is -2.13. The number of carboxylic acid groups (broad SMARTS) is 1. The van der Waals surface area contributed by atoms with Gasteiger partial charge in [0.05, 0.1) is 5.69 Å². The lowest BCUT2D eigenvalue weighted by molar-refractivity contribution is -0.136. The quantitative estimate of drug-likeness (QED) is 0.421. The van der Waals surface area contributed by atoms with Gasteiger partial charge in [-0.1, -0.05) is 66.7 Å². The summed E-state index contributed by atoms with van der Waals surface area (Å²) in [6.07, 6.45) is 2.21. The highest BCUT2D eigenvalue weighted by molar-refractivity contribution is 5.71. The number of aromatic nitrogens is 2. The summed E-state index contributed by atoms with van der Waals surface area (Å²) in [5.41, 5.74) is 4.48. The van der Waals surface area contributed by atoms with E-state index in [1.807, 2.05) is 84.9 Å². The number of ether oxygens (including phenoxy) is 1. The van der Waals surface area contributed by atoms with Crippen LogP contribution in [0.15, 0.2) is 91.1 Å². The number of carbonyl (C=O) groups is 1. The first-order valence-electron chi connectivity index (χ1n) is 10.1. The van der Waals surface area contributed by atoms with Crippen molar-refractivity contribution in [3.05, 3.63) is 102 Å². The summed E-state index contributed by atoms with van der Waals surface area (Å²) in [6.45, 7) is 0.466. The van der Waals surface area contributed by atoms with Crippen LogP contribution in [0, 0.1) is 0 Å². The van der Waals surface area contributed by atoms with E-state index in [0.717, 1.165) is 33.7 Å². The molecule has 0 atom stereocenters. The molecule has 5 nitrogen and oxygen atoms in total. The molecule has 0 saturated carbocycles. The number of hydrogen-bond acceptors (Lipinski definition) is 4. The van der Waals surface area contributed by atoms with Crippen LogP contribution in [-0.2, 0) is 17.8 Å². The fourth-order valence-corrected chi connectivity index (χ4v) is 3.38. The van der Waals surface area contributed by atoms with E-state index in [1.165, 1.54) is 0 Å². The fraction of sp³-hybridized carbons (Fsp3) is 0.115. The van der Waals surface area contributed by atoms with Gasteiger partial charge in [-0.25, -0.2) is 9.97 Å². The van der Waals surface area contributed by atoms with Gasteiger partial charge in [0.2, 0.25) is 0 Å². The van der Waals surface area contributed by atoms with Gasteiger partial charge in [-0.3, -0.25) is 4.79 Å². The van der Waals surface area contributed by atoms with Crippen LogP contribution in [0.4, 0.5) is 0 Å². The Bertz CT molecular complexity index is 1180. The lowest BCUT2D eigenvalue weighted by atomic mass is 10.0. The Hall–Kier alpha value is -3.99. The molecule has 0 aliphatic rings. The zero-order valence-corrected chi connectivity index (χ0v) is 16.9. The van der Waals surface area contributed by atoms with E-state index in [-0.39, 0.29) is 6.42 Å². The standard InChI is InChI=1S/C26H22N2O3/c29-25(30)15-14-20-10-4-5-11-21(20)26-27-17-16-23(28-26)22-12-6-7-13-24(22)31-18-19-8-2-1-3-9-19/h1-13,16-17H,14-15,18H2,(H,29,30). The first kappa shape index (κ1) is 20.3. The third-order valence-electron chi connectivity index (χ3n) is 4.92. The molecule has 1 heterocycles. The van der Waals surface area contributed by atoms with Gasteiger partial charge in [-0.05, 0) is 35.7 Å². The average Bonchev–Trinajstić information content (AvgIpc) is 2.82. The number of rotatable bonds is 8. The van der Waals surface area contributed by atoms with Crippen molar-refractivity contribution in [3.63, 3.8) is 0 Å². The second-order valence-corrected chi connectivity index (χ2v) is 7.09. The molecule has 4 aromatic rings. The van der Waals surface area contributed by atoms with Crippen LogP contribution in [-0.4, -0.2) is 21.0 Å². The molecule has 1 N–H and O–H groups in total. The second-order valence-electron chi connectivity index (χ2n) is 7.09. The number of para-hydroxylation sites is 1. The zero-order chi connectivity index (χ0) is 21.5. The third kappa shape index (κ3) is 5.14. The summed E-state index contributed by atoms with van der Waals surface area (Å²) >= 11 is 0. The van der Waals surface area contributed by atoms with E-state index in [4.69, 9.17) is 14.8 Å². The van der Waals surface area contributed by atoms with Crippen molar-refractivity contribution in [2.45, 2.75) is 19.4 Å². The normalized spacial score (nSPS) is 10.6. The van der Waals surface area contributed by atoms with Crippen molar-refractivity contribution in [2.75, 3.05) is 0 Å². The van der Waals surface area contributed by atoms with Gasteiger partial charge < -0.3 is 9.84 Å². The van der Waals surface area contributed by atoms with Gasteiger partial charge in [-0.15, -0.1) is 0 Å². The Morgan fingerprint density at radius 1 is 0.839 bits per heavy atom. The maximum atomic E-state index is 11.0. The molecule has 3 aromatic carbocycles. The summed E-state index contributed by atoms with van der Waals surface area (Å²) in [6, 6.07) is 27.3. The number of nitrogens with zero attached hydrogens (tertiary/aromatic N) is 2. The summed E-state index contributed by atoms with van der Waals surface area (Å²) in [7, 11) is 0. The van der Waals surface area contributed by atoms with E-state index in [0.29, 0.717) is 18.9 Å². The van der Waals surface area contributed by atoms with E-state index in [9.17, 15) is 4.79 Å². The van der Waals surface area contributed by atoms with Gasteiger partial charge in [0.25, 0.3) is 0 Å². The smallest absolute Gasteiger partial charge is 0.303 e. The topological polar surface area (TPSA) is 72.3 Å². The molecule has 4 rings (SSSR count). The maximum absolute atomic E-state index is 11.0. The Kier molecular flexibility index (Phi) is 6.33.